The molecular weight excluding hydrogens is 313 g/mol. The van der Waals surface area contributed by atoms with Gasteiger partial charge in [0.05, 0.1) is 30.1 Å². The molecular formula is C15H18FN7O. The van der Waals surface area contributed by atoms with Crippen LogP contribution in [-0.2, 0) is 4.79 Å². The molecule has 126 valence electrons. The number of piperidine rings is 1. The summed E-state index contributed by atoms with van der Waals surface area (Å²) in [7, 11) is 0. The molecule has 8 nitrogen and oxygen atoms in total. The molecule has 1 aromatic rings. The first-order valence-electron chi connectivity index (χ1n) is 7.29. The summed E-state index contributed by atoms with van der Waals surface area (Å²) in [6.07, 6.45) is 1.75. The van der Waals surface area contributed by atoms with E-state index >= 15 is 0 Å². The van der Waals surface area contributed by atoms with Crippen LogP contribution in [-0.4, -0.2) is 41.7 Å². The minimum atomic E-state index is -2.10. The lowest BCUT2D eigenvalue weighted by Crippen LogP contribution is -2.57. The summed E-state index contributed by atoms with van der Waals surface area (Å²) < 4.78 is 14.7. The number of hydrogen-bond acceptors (Lipinski definition) is 7. The quantitative estimate of drug-likeness (QED) is 0.318. The van der Waals surface area contributed by atoms with Gasteiger partial charge < -0.3 is 11.2 Å². The van der Waals surface area contributed by atoms with Crippen molar-refractivity contribution in [1.82, 2.24) is 10.3 Å². The zero-order valence-electron chi connectivity index (χ0n) is 12.9. The van der Waals surface area contributed by atoms with Crippen LogP contribution < -0.4 is 17.0 Å². The van der Waals surface area contributed by atoms with Gasteiger partial charge in [-0.3, -0.25) is 15.6 Å². The lowest BCUT2D eigenvalue weighted by molar-refractivity contribution is -0.135. The molecule has 1 saturated heterocycles. The number of halogens is 1. The van der Waals surface area contributed by atoms with Gasteiger partial charge in [-0.2, -0.15) is 10.4 Å². The fraction of sp³-hybridized carbons (Fsp3) is 0.333. The number of amides is 1. The van der Waals surface area contributed by atoms with Crippen LogP contribution in [0.3, 0.4) is 0 Å². The lowest BCUT2D eigenvalue weighted by atomic mass is 9.94. The Balaban J connectivity index is 2.05. The summed E-state index contributed by atoms with van der Waals surface area (Å²) in [5.41, 5.74) is -1.18. The van der Waals surface area contributed by atoms with Crippen molar-refractivity contribution >= 4 is 23.6 Å². The van der Waals surface area contributed by atoms with Gasteiger partial charge in [0.2, 0.25) is 5.67 Å². The van der Waals surface area contributed by atoms with Crippen molar-refractivity contribution in [3.63, 3.8) is 0 Å². The fourth-order valence-corrected chi connectivity index (χ4v) is 2.35. The molecule has 2 rings (SSSR count). The summed E-state index contributed by atoms with van der Waals surface area (Å²) in [5, 5.41) is 15.8. The molecule has 0 aromatic heterocycles. The third-order valence-electron chi connectivity index (χ3n) is 3.57. The summed E-state index contributed by atoms with van der Waals surface area (Å²) >= 11 is 0. The van der Waals surface area contributed by atoms with Crippen molar-refractivity contribution in [3.05, 3.63) is 29.8 Å². The van der Waals surface area contributed by atoms with Crippen LogP contribution in [0.4, 0.5) is 10.1 Å². The van der Waals surface area contributed by atoms with Crippen molar-refractivity contribution in [3.8, 4) is 6.07 Å². The molecule has 0 spiro atoms. The third-order valence-corrected chi connectivity index (χ3v) is 3.57. The number of amidine groups is 1. The molecule has 1 aliphatic heterocycles. The number of alkyl halides is 1. The summed E-state index contributed by atoms with van der Waals surface area (Å²) in [6.45, 7) is 0.339. The van der Waals surface area contributed by atoms with Gasteiger partial charge in [-0.15, -0.1) is 0 Å². The van der Waals surface area contributed by atoms with E-state index in [1.54, 1.807) is 24.3 Å². The molecule has 1 fully saturated rings. The van der Waals surface area contributed by atoms with E-state index in [1.807, 2.05) is 6.07 Å². The van der Waals surface area contributed by atoms with E-state index in [4.69, 9.17) is 16.9 Å². The SMILES string of the molecule is N#Cc1cccc(N=CC(=NN)NC(=O)[C@@]2(F)CCCN(N)C2)c1. The Labute approximate surface area is 138 Å². The highest BCUT2D eigenvalue weighted by Crippen LogP contribution is 2.24. The number of nitriles is 1. The molecule has 0 radical (unpaired) electrons. The Morgan fingerprint density at radius 2 is 2.33 bits per heavy atom. The second kappa shape index (κ2) is 7.63. The van der Waals surface area contributed by atoms with Crippen molar-refractivity contribution in [1.29, 1.82) is 5.26 Å². The average Bonchev–Trinajstić information content (AvgIpc) is 2.58. The summed E-state index contributed by atoms with van der Waals surface area (Å²) in [5.74, 6) is 9.84. The van der Waals surface area contributed by atoms with E-state index < -0.39 is 11.6 Å². The number of rotatable bonds is 3. The van der Waals surface area contributed by atoms with E-state index in [1.165, 1.54) is 11.2 Å². The molecule has 5 N–H and O–H groups in total. The van der Waals surface area contributed by atoms with Crippen LogP contribution in [0.2, 0.25) is 0 Å². The number of carbonyl (C=O) groups excluding carboxylic acids is 1. The predicted molar refractivity (Wildman–Crippen MR) is 87.9 cm³/mol. The Kier molecular flexibility index (Phi) is 5.57. The summed E-state index contributed by atoms with van der Waals surface area (Å²) in [4.78, 5) is 16.2. The molecule has 1 aromatic carbocycles. The Morgan fingerprint density at radius 1 is 1.54 bits per heavy atom. The van der Waals surface area contributed by atoms with Crippen LogP contribution in [0.1, 0.15) is 18.4 Å². The topological polar surface area (TPSA) is 133 Å². The highest BCUT2D eigenvalue weighted by atomic mass is 19.1. The van der Waals surface area contributed by atoms with Gasteiger partial charge >= 0.3 is 0 Å². The van der Waals surface area contributed by atoms with Crippen LogP contribution in [0, 0.1) is 11.3 Å². The molecule has 1 atom stereocenters. The van der Waals surface area contributed by atoms with Gasteiger partial charge in [0, 0.05) is 6.54 Å². The number of nitrogens with two attached hydrogens (primary N) is 2. The van der Waals surface area contributed by atoms with Crippen LogP contribution in [0.5, 0.6) is 0 Å². The molecule has 0 bridgehead atoms. The smallest absolute Gasteiger partial charge is 0.264 e. The van der Waals surface area contributed by atoms with E-state index in [0.29, 0.717) is 24.2 Å². The number of hydrazine groups is 1. The third kappa shape index (κ3) is 4.34. The molecule has 0 unspecified atom stereocenters. The van der Waals surface area contributed by atoms with E-state index in [9.17, 15) is 9.18 Å². The standard InChI is InChI=1S/C15H18FN7O/c16-15(5-2-6-23(19)10-15)14(24)21-13(22-18)9-20-12-4-1-3-11(7-12)8-17/h1,3-4,7,9H,2,5-6,10,18-19H2,(H,21,22,24)/t15-/m1/s1. The molecule has 1 aliphatic rings. The van der Waals surface area contributed by atoms with E-state index in [2.05, 4.69) is 15.4 Å². The average molecular weight is 331 g/mol. The molecule has 0 saturated carbocycles. The number of nitrogens with one attached hydrogen (secondary N) is 1. The first-order valence-corrected chi connectivity index (χ1v) is 7.29. The number of hydrazone groups is 1. The Morgan fingerprint density at radius 3 is 3.00 bits per heavy atom. The largest absolute Gasteiger partial charge is 0.321 e. The first kappa shape index (κ1) is 17.5. The van der Waals surface area contributed by atoms with Gasteiger partial charge in [-0.25, -0.2) is 9.40 Å². The molecule has 1 amide bonds. The maximum Gasteiger partial charge on any atom is 0.264 e. The van der Waals surface area contributed by atoms with E-state index in [-0.39, 0.29) is 18.8 Å². The van der Waals surface area contributed by atoms with Crippen LogP contribution in [0.25, 0.3) is 0 Å². The number of hydrogen-bond donors (Lipinski definition) is 3. The fourth-order valence-electron chi connectivity index (χ4n) is 2.35. The second-order valence-electron chi connectivity index (χ2n) is 5.43. The van der Waals surface area contributed by atoms with Crippen LogP contribution >= 0.6 is 0 Å². The zero-order valence-corrected chi connectivity index (χ0v) is 12.9. The predicted octanol–water partition coefficient (Wildman–Crippen LogP) is 0.327. The Hall–Kier alpha value is -2.83. The first-order chi connectivity index (χ1) is 11.5. The molecule has 9 heteroatoms. The number of benzene rings is 1. The maximum absolute atomic E-state index is 14.7. The molecule has 1 heterocycles. The normalized spacial score (nSPS) is 22.3. The van der Waals surface area contributed by atoms with Gasteiger partial charge in [0.25, 0.3) is 5.91 Å². The highest BCUT2D eigenvalue weighted by molar-refractivity contribution is 6.33. The minimum Gasteiger partial charge on any atom is -0.321 e. The Bertz CT molecular complexity index is 712. The van der Waals surface area contributed by atoms with E-state index in [0.717, 1.165) is 0 Å². The van der Waals surface area contributed by atoms with Crippen molar-refractivity contribution in [2.24, 2.45) is 21.8 Å². The number of carbonyl (C=O) groups is 1. The van der Waals surface area contributed by atoms with Gasteiger partial charge in [0.15, 0.2) is 5.84 Å². The maximum atomic E-state index is 14.7. The molecule has 24 heavy (non-hydrogen) atoms. The second-order valence-corrected chi connectivity index (χ2v) is 5.43. The number of aliphatic imine (C=N–C) groups is 1. The van der Waals surface area contributed by atoms with Gasteiger partial charge in [-0.05, 0) is 31.0 Å². The van der Waals surface area contributed by atoms with Crippen molar-refractivity contribution in [2.45, 2.75) is 18.5 Å². The molecule has 0 aliphatic carbocycles. The minimum absolute atomic E-state index is 0.0751. The highest BCUT2D eigenvalue weighted by Gasteiger charge is 2.42. The van der Waals surface area contributed by atoms with Gasteiger partial charge in [0.1, 0.15) is 0 Å². The van der Waals surface area contributed by atoms with Crippen molar-refractivity contribution < 1.29 is 9.18 Å². The summed E-state index contributed by atoms with van der Waals surface area (Å²) in [6, 6.07) is 8.50. The van der Waals surface area contributed by atoms with Crippen molar-refractivity contribution in [2.75, 3.05) is 13.1 Å². The number of nitrogens with zero attached hydrogens (tertiary/aromatic N) is 4. The monoisotopic (exact) mass is 331 g/mol. The lowest BCUT2D eigenvalue weighted by Gasteiger charge is -2.33. The van der Waals surface area contributed by atoms with Gasteiger partial charge in [-0.1, -0.05) is 6.07 Å². The van der Waals surface area contributed by atoms with Crippen LogP contribution in [0.15, 0.2) is 34.4 Å². The zero-order chi connectivity index (χ0) is 17.6.